The van der Waals surface area contributed by atoms with Crippen LogP contribution in [-0.4, -0.2) is 26.0 Å². The number of carboxylic acid groups (broad SMARTS) is 1. The molecular weight excluding hydrogens is 261 g/mol. The maximum Gasteiger partial charge on any atom is 0.338 e. The highest BCUT2D eigenvalue weighted by molar-refractivity contribution is 6.01. The lowest BCUT2D eigenvalue weighted by atomic mass is 10.2. The molecule has 2 heterocycles. The van der Waals surface area contributed by atoms with Gasteiger partial charge in [0, 0.05) is 18.0 Å². The number of hydrogen-bond acceptors (Lipinski definition) is 3. The summed E-state index contributed by atoms with van der Waals surface area (Å²) in [4.78, 5) is 22.4. The average Bonchev–Trinajstić information content (AvgIpc) is 2.81. The van der Waals surface area contributed by atoms with E-state index >= 15 is 0 Å². The van der Waals surface area contributed by atoms with Crippen molar-refractivity contribution in [3.63, 3.8) is 0 Å². The largest absolute Gasteiger partial charge is 0.478 e. The van der Waals surface area contributed by atoms with Gasteiger partial charge in [-0.15, -0.1) is 0 Å². The zero-order chi connectivity index (χ0) is 14.3. The van der Waals surface area contributed by atoms with Crippen LogP contribution in [0.15, 0.2) is 30.6 Å². The lowest BCUT2D eigenvalue weighted by Gasteiger charge is -1.96. The number of carboxylic acids is 1. The molecule has 0 spiro atoms. The van der Waals surface area contributed by atoms with Gasteiger partial charge >= 0.3 is 5.97 Å². The molecule has 2 aromatic heterocycles. The Balaban J connectivity index is 2.25. The molecule has 3 rings (SSSR count). The third-order valence-corrected chi connectivity index (χ3v) is 2.93. The molecule has 2 N–H and O–H groups in total. The number of halogens is 1. The number of nitrogens with one attached hydrogen (secondary N) is 1. The number of aromatic nitrogens is 3. The second-order valence-corrected chi connectivity index (χ2v) is 4.49. The number of H-pyrrole nitrogens is 1. The SMILES string of the molecule is Cc1cncc(-c2nc3c(C(=O)O)cc(F)cc3[nH]2)c1. The fourth-order valence-electron chi connectivity index (χ4n) is 2.07. The first kappa shape index (κ1) is 12.3. The highest BCUT2D eigenvalue weighted by Crippen LogP contribution is 2.24. The standard InChI is InChI=1S/C14H10FN3O2/c1-7-2-8(6-16-5-7)13-17-11-4-9(15)3-10(14(19)20)12(11)18-13/h2-6H,1H3,(H,17,18)(H,19,20). The molecule has 0 saturated heterocycles. The van der Waals surface area contributed by atoms with Crippen LogP contribution in [0.1, 0.15) is 15.9 Å². The van der Waals surface area contributed by atoms with Crippen LogP contribution in [0.4, 0.5) is 4.39 Å². The molecule has 0 atom stereocenters. The lowest BCUT2D eigenvalue weighted by molar-refractivity contribution is 0.0698. The molecule has 0 bridgehead atoms. The summed E-state index contributed by atoms with van der Waals surface area (Å²) in [6.07, 6.45) is 3.32. The first-order valence-corrected chi connectivity index (χ1v) is 5.89. The number of aromatic amines is 1. The minimum absolute atomic E-state index is 0.164. The number of fused-ring (bicyclic) bond motifs is 1. The van der Waals surface area contributed by atoms with E-state index in [2.05, 4.69) is 15.0 Å². The summed E-state index contributed by atoms with van der Waals surface area (Å²) in [5.41, 5.74) is 2.09. The van der Waals surface area contributed by atoms with Crippen molar-refractivity contribution in [1.82, 2.24) is 15.0 Å². The molecule has 1 aromatic carbocycles. The van der Waals surface area contributed by atoms with E-state index < -0.39 is 11.8 Å². The van der Waals surface area contributed by atoms with Crippen molar-refractivity contribution in [3.05, 3.63) is 47.5 Å². The van der Waals surface area contributed by atoms with Crippen LogP contribution in [0.3, 0.4) is 0 Å². The van der Waals surface area contributed by atoms with Gasteiger partial charge < -0.3 is 10.1 Å². The fraction of sp³-hybridized carbons (Fsp3) is 0.0714. The smallest absolute Gasteiger partial charge is 0.338 e. The van der Waals surface area contributed by atoms with Gasteiger partial charge in [0.25, 0.3) is 0 Å². The van der Waals surface area contributed by atoms with Gasteiger partial charge in [-0.25, -0.2) is 14.2 Å². The fourth-order valence-corrected chi connectivity index (χ4v) is 2.07. The molecule has 0 unspecified atom stereocenters. The van der Waals surface area contributed by atoms with Gasteiger partial charge in [0.1, 0.15) is 17.2 Å². The van der Waals surface area contributed by atoms with Gasteiger partial charge in [-0.3, -0.25) is 4.98 Å². The summed E-state index contributed by atoms with van der Waals surface area (Å²) in [6.45, 7) is 1.89. The van der Waals surface area contributed by atoms with Crippen molar-refractivity contribution in [3.8, 4) is 11.4 Å². The Morgan fingerprint density at radius 1 is 1.30 bits per heavy atom. The summed E-state index contributed by atoms with van der Waals surface area (Å²) in [5.74, 6) is -1.37. The van der Waals surface area contributed by atoms with E-state index in [-0.39, 0.29) is 11.1 Å². The van der Waals surface area contributed by atoms with Crippen molar-refractivity contribution >= 4 is 17.0 Å². The van der Waals surface area contributed by atoms with Gasteiger partial charge in [0.05, 0.1) is 11.1 Å². The number of benzene rings is 1. The first-order chi connectivity index (χ1) is 9.54. The Morgan fingerprint density at radius 2 is 2.10 bits per heavy atom. The summed E-state index contributed by atoms with van der Waals surface area (Å²) in [6, 6.07) is 4.05. The van der Waals surface area contributed by atoms with Gasteiger partial charge in [0.15, 0.2) is 0 Å². The Bertz CT molecular complexity index is 826. The predicted octanol–water partition coefficient (Wildman–Crippen LogP) is 2.77. The van der Waals surface area contributed by atoms with Crippen molar-refractivity contribution in [2.45, 2.75) is 6.92 Å². The lowest BCUT2D eigenvalue weighted by Crippen LogP contribution is -1.98. The molecule has 0 aliphatic rings. The van der Waals surface area contributed by atoms with Crippen LogP contribution in [0.5, 0.6) is 0 Å². The Labute approximate surface area is 113 Å². The van der Waals surface area contributed by atoms with Crippen LogP contribution < -0.4 is 0 Å². The summed E-state index contributed by atoms with van der Waals surface area (Å²) in [5, 5.41) is 9.10. The van der Waals surface area contributed by atoms with E-state index in [4.69, 9.17) is 5.11 Å². The second kappa shape index (κ2) is 4.41. The van der Waals surface area contributed by atoms with Crippen LogP contribution in [0, 0.1) is 12.7 Å². The van der Waals surface area contributed by atoms with E-state index in [1.54, 1.807) is 12.4 Å². The van der Waals surface area contributed by atoms with Gasteiger partial charge in [-0.2, -0.15) is 0 Å². The first-order valence-electron chi connectivity index (χ1n) is 5.89. The molecule has 3 aromatic rings. The summed E-state index contributed by atoms with van der Waals surface area (Å²) in [7, 11) is 0. The van der Waals surface area contributed by atoms with Crippen molar-refractivity contribution in [2.75, 3.05) is 0 Å². The highest BCUT2D eigenvalue weighted by Gasteiger charge is 2.15. The number of aromatic carboxylic acids is 1. The van der Waals surface area contributed by atoms with Crippen LogP contribution >= 0.6 is 0 Å². The van der Waals surface area contributed by atoms with Crippen molar-refractivity contribution < 1.29 is 14.3 Å². The van der Waals surface area contributed by atoms with Gasteiger partial charge in [-0.1, -0.05) is 0 Å². The third-order valence-electron chi connectivity index (χ3n) is 2.93. The highest BCUT2D eigenvalue weighted by atomic mass is 19.1. The number of pyridine rings is 1. The number of rotatable bonds is 2. The maximum atomic E-state index is 13.4. The van der Waals surface area contributed by atoms with Crippen molar-refractivity contribution in [2.24, 2.45) is 0 Å². The van der Waals surface area contributed by atoms with E-state index in [9.17, 15) is 9.18 Å². The minimum Gasteiger partial charge on any atom is -0.478 e. The summed E-state index contributed by atoms with van der Waals surface area (Å²) >= 11 is 0. The average molecular weight is 271 g/mol. The molecule has 0 radical (unpaired) electrons. The zero-order valence-electron chi connectivity index (χ0n) is 10.5. The van der Waals surface area contributed by atoms with Crippen LogP contribution in [0.25, 0.3) is 22.4 Å². The topological polar surface area (TPSA) is 78.9 Å². The molecule has 0 fully saturated rings. The quantitative estimate of drug-likeness (QED) is 0.751. The molecule has 0 aliphatic carbocycles. The zero-order valence-corrected chi connectivity index (χ0v) is 10.5. The molecule has 5 nitrogen and oxygen atoms in total. The van der Waals surface area contributed by atoms with E-state index in [1.807, 2.05) is 13.0 Å². The predicted molar refractivity (Wildman–Crippen MR) is 71.0 cm³/mol. The number of hydrogen-bond donors (Lipinski definition) is 2. The Morgan fingerprint density at radius 3 is 2.80 bits per heavy atom. The molecule has 20 heavy (non-hydrogen) atoms. The number of imidazole rings is 1. The second-order valence-electron chi connectivity index (χ2n) is 4.49. The monoisotopic (exact) mass is 271 g/mol. The van der Waals surface area contributed by atoms with Gasteiger partial charge in [0.2, 0.25) is 0 Å². The molecule has 0 saturated carbocycles. The van der Waals surface area contributed by atoms with E-state index in [0.717, 1.165) is 17.2 Å². The molecule has 100 valence electrons. The van der Waals surface area contributed by atoms with E-state index in [1.165, 1.54) is 6.07 Å². The third kappa shape index (κ3) is 2.01. The minimum atomic E-state index is -1.21. The molecule has 6 heteroatoms. The Hall–Kier alpha value is -2.76. The summed E-state index contributed by atoms with van der Waals surface area (Å²) < 4.78 is 13.4. The van der Waals surface area contributed by atoms with Crippen molar-refractivity contribution in [1.29, 1.82) is 0 Å². The van der Waals surface area contributed by atoms with Crippen LogP contribution in [0.2, 0.25) is 0 Å². The normalized spacial score (nSPS) is 10.9. The van der Waals surface area contributed by atoms with E-state index in [0.29, 0.717) is 11.3 Å². The molecule has 0 aliphatic heterocycles. The number of aryl methyl sites for hydroxylation is 1. The molecule has 0 amide bonds. The maximum absolute atomic E-state index is 13.4. The Kier molecular flexibility index (Phi) is 2.71. The molecular formula is C14H10FN3O2. The van der Waals surface area contributed by atoms with Crippen LogP contribution in [-0.2, 0) is 0 Å². The van der Waals surface area contributed by atoms with Gasteiger partial charge in [-0.05, 0) is 30.7 Å². The number of nitrogens with zero attached hydrogens (tertiary/aromatic N) is 2. The number of carbonyl (C=O) groups is 1.